The van der Waals surface area contributed by atoms with Crippen molar-refractivity contribution in [3.63, 3.8) is 0 Å². The molecule has 1 aliphatic heterocycles. The molecule has 0 saturated carbocycles. The molecular weight excluding hydrogens is 392 g/mol. The van der Waals surface area contributed by atoms with Crippen LogP contribution in [0.25, 0.3) is 6.08 Å². The zero-order valence-electron chi connectivity index (χ0n) is 16.0. The molecule has 6 nitrogen and oxygen atoms in total. The van der Waals surface area contributed by atoms with E-state index in [1.54, 1.807) is 36.4 Å². The number of imide groups is 2. The van der Waals surface area contributed by atoms with Gasteiger partial charge in [-0.3, -0.25) is 14.9 Å². The molecule has 148 valence electrons. The smallest absolute Gasteiger partial charge is 0.335 e. The van der Waals surface area contributed by atoms with E-state index in [0.717, 1.165) is 16.0 Å². The third kappa shape index (κ3) is 4.22. The van der Waals surface area contributed by atoms with Crippen LogP contribution in [0.1, 0.15) is 16.7 Å². The van der Waals surface area contributed by atoms with Crippen LogP contribution in [0.15, 0.2) is 54.6 Å². The topological polar surface area (TPSA) is 75.7 Å². The Labute approximate surface area is 173 Å². The van der Waals surface area contributed by atoms with Gasteiger partial charge in [-0.15, -0.1) is 0 Å². The zero-order chi connectivity index (χ0) is 21.1. The normalized spacial score (nSPS) is 15.5. The van der Waals surface area contributed by atoms with E-state index in [4.69, 9.17) is 16.3 Å². The van der Waals surface area contributed by atoms with Gasteiger partial charge >= 0.3 is 6.03 Å². The Morgan fingerprint density at radius 3 is 2.52 bits per heavy atom. The Balaban J connectivity index is 1.96. The molecular formula is C22H19ClN2O4. The molecule has 0 radical (unpaired) electrons. The van der Waals surface area contributed by atoms with E-state index < -0.39 is 17.8 Å². The van der Waals surface area contributed by atoms with E-state index in [1.807, 2.05) is 19.9 Å². The molecule has 1 fully saturated rings. The summed E-state index contributed by atoms with van der Waals surface area (Å²) in [7, 11) is 0. The molecule has 0 aromatic heterocycles. The number of carbonyl (C=O) groups is 3. The molecule has 1 saturated heterocycles. The van der Waals surface area contributed by atoms with Gasteiger partial charge in [0.2, 0.25) is 0 Å². The number of ether oxygens (including phenoxy) is 1. The average Bonchev–Trinajstić information content (AvgIpc) is 2.67. The first kappa shape index (κ1) is 20.4. The van der Waals surface area contributed by atoms with Gasteiger partial charge in [0, 0.05) is 0 Å². The molecule has 0 unspecified atom stereocenters. The molecule has 0 atom stereocenters. The Hall–Kier alpha value is -3.38. The number of rotatable bonds is 5. The van der Waals surface area contributed by atoms with Crippen molar-refractivity contribution < 1.29 is 19.1 Å². The highest BCUT2D eigenvalue weighted by molar-refractivity contribution is 6.39. The highest BCUT2D eigenvalue weighted by Crippen LogP contribution is 2.28. The number of nitrogens with one attached hydrogen (secondary N) is 1. The quantitative estimate of drug-likeness (QED) is 0.455. The van der Waals surface area contributed by atoms with Gasteiger partial charge in [-0.05, 0) is 60.9 Å². The molecule has 0 bridgehead atoms. The summed E-state index contributed by atoms with van der Waals surface area (Å²) in [5, 5.41) is 2.53. The second-order valence-electron chi connectivity index (χ2n) is 6.52. The van der Waals surface area contributed by atoms with Crippen LogP contribution in [0, 0.1) is 13.8 Å². The average molecular weight is 411 g/mol. The summed E-state index contributed by atoms with van der Waals surface area (Å²) in [5.74, 6) is -1.01. The van der Waals surface area contributed by atoms with E-state index in [2.05, 4.69) is 11.9 Å². The summed E-state index contributed by atoms with van der Waals surface area (Å²) >= 11 is 6.20. The fraction of sp³-hybridized carbons (Fsp3) is 0.136. The standard InChI is InChI=1S/C22H19ClN2O4/c1-4-9-29-19-8-6-15(12-18(19)23)11-17-20(26)24-22(28)25(21(17)27)16-7-5-13(2)14(3)10-16/h4-8,10-12H,1,9H2,2-3H3,(H,24,26,28)/b17-11+. The third-order valence-electron chi connectivity index (χ3n) is 4.47. The predicted octanol–water partition coefficient (Wildman–Crippen LogP) is 4.19. The number of amides is 4. The summed E-state index contributed by atoms with van der Waals surface area (Å²) in [6.45, 7) is 7.68. The first-order valence-corrected chi connectivity index (χ1v) is 9.21. The van der Waals surface area contributed by atoms with Gasteiger partial charge in [-0.1, -0.05) is 36.4 Å². The first-order valence-electron chi connectivity index (χ1n) is 8.83. The maximum atomic E-state index is 12.9. The van der Waals surface area contributed by atoms with E-state index in [9.17, 15) is 14.4 Å². The van der Waals surface area contributed by atoms with Crippen LogP contribution in [-0.2, 0) is 9.59 Å². The van der Waals surface area contributed by atoms with Gasteiger partial charge in [-0.2, -0.15) is 0 Å². The molecule has 1 heterocycles. The summed E-state index contributed by atoms with van der Waals surface area (Å²) in [6.07, 6.45) is 2.98. The number of anilines is 1. The Morgan fingerprint density at radius 1 is 1.10 bits per heavy atom. The fourth-order valence-corrected chi connectivity index (χ4v) is 3.04. The number of barbiturate groups is 1. The summed E-state index contributed by atoms with van der Waals surface area (Å²) in [5.41, 5.74) is 2.69. The summed E-state index contributed by atoms with van der Waals surface area (Å²) < 4.78 is 5.41. The lowest BCUT2D eigenvalue weighted by Crippen LogP contribution is -2.54. The predicted molar refractivity (Wildman–Crippen MR) is 112 cm³/mol. The number of halogens is 1. The lowest BCUT2D eigenvalue weighted by atomic mass is 10.0. The monoisotopic (exact) mass is 410 g/mol. The van der Waals surface area contributed by atoms with Crippen molar-refractivity contribution in [2.45, 2.75) is 13.8 Å². The number of hydrogen-bond donors (Lipinski definition) is 1. The fourth-order valence-electron chi connectivity index (χ4n) is 2.80. The molecule has 3 rings (SSSR count). The Bertz CT molecular complexity index is 1060. The molecule has 29 heavy (non-hydrogen) atoms. The van der Waals surface area contributed by atoms with Crippen molar-refractivity contribution >= 4 is 41.2 Å². The summed E-state index contributed by atoms with van der Waals surface area (Å²) in [6, 6.07) is 9.28. The lowest BCUT2D eigenvalue weighted by Gasteiger charge is -2.26. The SMILES string of the molecule is C=CCOc1ccc(/C=C2\C(=O)NC(=O)N(c3ccc(C)c(C)c3)C2=O)cc1Cl. The summed E-state index contributed by atoms with van der Waals surface area (Å²) in [4.78, 5) is 38.5. The van der Waals surface area contributed by atoms with Crippen molar-refractivity contribution in [1.29, 1.82) is 0 Å². The molecule has 1 N–H and O–H groups in total. The molecule has 4 amide bonds. The minimum atomic E-state index is -0.786. The van der Waals surface area contributed by atoms with E-state index in [1.165, 1.54) is 6.08 Å². The lowest BCUT2D eigenvalue weighted by molar-refractivity contribution is -0.122. The van der Waals surface area contributed by atoms with Crippen molar-refractivity contribution in [2.75, 3.05) is 11.5 Å². The van der Waals surface area contributed by atoms with Crippen molar-refractivity contribution in [2.24, 2.45) is 0 Å². The molecule has 2 aromatic rings. The number of hydrogen-bond acceptors (Lipinski definition) is 4. The molecule has 2 aromatic carbocycles. The minimum Gasteiger partial charge on any atom is -0.488 e. The van der Waals surface area contributed by atoms with Crippen molar-refractivity contribution in [3.05, 3.63) is 76.3 Å². The first-order chi connectivity index (χ1) is 13.8. The largest absolute Gasteiger partial charge is 0.488 e. The van der Waals surface area contributed by atoms with E-state index >= 15 is 0 Å². The molecule has 0 aliphatic carbocycles. The second kappa shape index (κ2) is 8.32. The van der Waals surface area contributed by atoms with Gasteiger partial charge in [0.15, 0.2) is 0 Å². The van der Waals surface area contributed by atoms with Crippen LogP contribution < -0.4 is 15.0 Å². The van der Waals surface area contributed by atoms with Gasteiger partial charge in [-0.25, -0.2) is 9.69 Å². The number of carbonyl (C=O) groups excluding carboxylic acids is 3. The van der Waals surface area contributed by atoms with Crippen LogP contribution in [-0.4, -0.2) is 24.5 Å². The van der Waals surface area contributed by atoms with Gasteiger partial charge in [0.25, 0.3) is 11.8 Å². The zero-order valence-corrected chi connectivity index (χ0v) is 16.7. The second-order valence-corrected chi connectivity index (χ2v) is 6.92. The maximum absolute atomic E-state index is 12.9. The Kier molecular flexibility index (Phi) is 5.84. The molecule has 0 spiro atoms. The molecule has 1 aliphatic rings. The van der Waals surface area contributed by atoms with Crippen LogP contribution in [0.2, 0.25) is 5.02 Å². The highest BCUT2D eigenvalue weighted by atomic mass is 35.5. The maximum Gasteiger partial charge on any atom is 0.335 e. The molecule has 7 heteroatoms. The van der Waals surface area contributed by atoms with E-state index in [-0.39, 0.29) is 5.57 Å². The van der Waals surface area contributed by atoms with Gasteiger partial charge in [0.05, 0.1) is 10.7 Å². The number of aryl methyl sites for hydroxylation is 2. The minimum absolute atomic E-state index is 0.168. The van der Waals surface area contributed by atoms with Crippen molar-refractivity contribution in [3.8, 4) is 5.75 Å². The van der Waals surface area contributed by atoms with Crippen LogP contribution in [0.5, 0.6) is 5.75 Å². The highest BCUT2D eigenvalue weighted by Gasteiger charge is 2.36. The van der Waals surface area contributed by atoms with Crippen LogP contribution in [0.4, 0.5) is 10.5 Å². The third-order valence-corrected chi connectivity index (χ3v) is 4.77. The number of urea groups is 1. The number of benzene rings is 2. The van der Waals surface area contributed by atoms with Gasteiger partial charge in [0.1, 0.15) is 17.9 Å². The van der Waals surface area contributed by atoms with Gasteiger partial charge < -0.3 is 4.74 Å². The Morgan fingerprint density at radius 2 is 1.86 bits per heavy atom. The van der Waals surface area contributed by atoms with Crippen LogP contribution in [0.3, 0.4) is 0 Å². The number of nitrogens with zero attached hydrogens (tertiary/aromatic N) is 1. The van der Waals surface area contributed by atoms with E-state index in [0.29, 0.717) is 28.6 Å². The van der Waals surface area contributed by atoms with Crippen molar-refractivity contribution in [1.82, 2.24) is 5.32 Å². The van der Waals surface area contributed by atoms with Crippen LogP contribution >= 0.6 is 11.6 Å².